The van der Waals surface area contributed by atoms with Gasteiger partial charge in [0.1, 0.15) is 28.9 Å². The SMILES string of the molecule is CCOc1ccc(-c2nc(CC(=O)Nc3cc(F)ccc3OCC3CCCO3)cs2)cc1. The highest BCUT2D eigenvalue weighted by molar-refractivity contribution is 7.13. The van der Waals surface area contributed by atoms with E-state index in [1.165, 1.54) is 29.5 Å². The number of thiazole rings is 1. The fraction of sp³-hybridized carbons (Fsp3) is 0.333. The Hall–Kier alpha value is -2.97. The summed E-state index contributed by atoms with van der Waals surface area (Å²) < 4.78 is 30.6. The molecule has 32 heavy (non-hydrogen) atoms. The van der Waals surface area contributed by atoms with Gasteiger partial charge in [0.25, 0.3) is 0 Å². The lowest BCUT2D eigenvalue weighted by Gasteiger charge is -2.15. The lowest BCUT2D eigenvalue weighted by Crippen LogP contribution is -2.19. The molecule has 2 heterocycles. The Morgan fingerprint density at radius 1 is 1.25 bits per heavy atom. The van der Waals surface area contributed by atoms with E-state index in [1.807, 2.05) is 36.6 Å². The number of ether oxygens (including phenoxy) is 3. The van der Waals surface area contributed by atoms with Gasteiger partial charge in [0.2, 0.25) is 5.91 Å². The van der Waals surface area contributed by atoms with E-state index in [1.54, 1.807) is 0 Å². The van der Waals surface area contributed by atoms with Crippen LogP contribution in [-0.2, 0) is 16.0 Å². The molecule has 2 aromatic carbocycles. The van der Waals surface area contributed by atoms with Crippen molar-refractivity contribution >= 4 is 22.9 Å². The van der Waals surface area contributed by atoms with Crippen LogP contribution >= 0.6 is 11.3 Å². The highest BCUT2D eigenvalue weighted by atomic mass is 32.1. The van der Waals surface area contributed by atoms with E-state index >= 15 is 0 Å². The molecule has 168 valence electrons. The van der Waals surface area contributed by atoms with Crippen LogP contribution < -0.4 is 14.8 Å². The van der Waals surface area contributed by atoms with Crippen molar-refractivity contribution in [2.75, 3.05) is 25.1 Å². The number of hydrogen-bond donors (Lipinski definition) is 1. The number of carbonyl (C=O) groups is 1. The molecule has 3 aromatic rings. The van der Waals surface area contributed by atoms with Crippen molar-refractivity contribution in [1.29, 1.82) is 0 Å². The smallest absolute Gasteiger partial charge is 0.230 e. The maximum atomic E-state index is 13.8. The topological polar surface area (TPSA) is 69.7 Å². The molecule has 1 atom stereocenters. The molecule has 1 N–H and O–H groups in total. The molecule has 1 saturated heterocycles. The first kappa shape index (κ1) is 22.2. The molecule has 6 nitrogen and oxygen atoms in total. The quantitative estimate of drug-likeness (QED) is 0.486. The van der Waals surface area contributed by atoms with E-state index in [0.29, 0.717) is 30.3 Å². The van der Waals surface area contributed by atoms with Crippen molar-refractivity contribution in [3.05, 3.63) is 59.4 Å². The molecule has 0 radical (unpaired) electrons. The first-order valence-corrected chi connectivity index (χ1v) is 11.5. The molecule has 0 aliphatic carbocycles. The molecule has 1 amide bonds. The summed E-state index contributed by atoms with van der Waals surface area (Å²) in [7, 11) is 0. The lowest BCUT2D eigenvalue weighted by atomic mass is 10.2. The van der Waals surface area contributed by atoms with Crippen molar-refractivity contribution in [2.45, 2.75) is 32.3 Å². The molecular formula is C24H25FN2O4S. The minimum absolute atomic E-state index is 0.0274. The van der Waals surface area contributed by atoms with Gasteiger partial charge in [-0.25, -0.2) is 9.37 Å². The van der Waals surface area contributed by atoms with Gasteiger partial charge in [-0.15, -0.1) is 11.3 Å². The monoisotopic (exact) mass is 456 g/mol. The minimum Gasteiger partial charge on any atom is -0.494 e. The standard InChI is InChI=1S/C24H25FN2O4S/c1-2-29-19-8-5-16(6-9-19)24-26-18(15-32-24)13-23(28)27-21-12-17(25)7-10-22(21)31-14-20-4-3-11-30-20/h5-10,12,15,20H,2-4,11,13-14H2,1H3,(H,27,28). The van der Waals surface area contributed by atoms with Crippen LogP contribution in [0.1, 0.15) is 25.5 Å². The Bertz CT molecular complexity index is 1050. The normalized spacial score (nSPS) is 15.5. The van der Waals surface area contributed by atoms with Crippen molar-refractivity contribution < 1.29 is 23.4 Å². The number of anilines is 1. The number of aromatic nitrogens is 1. The summed E-state index contributed by atoms with van der Waals surface area (Å²) in [6.45, 7) is 3.65. The Morgan fingerprint density at radius 2 is 2.09 bits per heavy atom. The first-order chi connectivity index (χ1) is 15.6. The van der Waals surface area contributed by atoms with Crippen LogP contribution in [-0.4, -0.2) is 36.8 Å². The second kappa shape index (κ2) is 10.6. The molecule has 4 rings (SSSR count). The maximum absolute atomic E-state index is 13.8. The van der Waals surface area contributed by atoms with Gasteiger partial charge in [-0.1, -0.05) is 0 Å². The highest BCUT2D eigenvalue weighted by Gasteiger charge is 2.18. The number of hydrogen-bond acceptors (Lipinski definition) is 6. The Balaban J connectivity index is 1.38. The van der Waals surface area contributed by atoms with Crippen molar-refractivity contribution in [3.63, 3.8) is 0 Å². The average Bonchev–Trinajstić information content (AvgIpc) is 3.46. The summed E-state index contributed by atoms with van der Waals surface area (Å²) >= 11 is 1.47. The summed E-state index contributed by atoms with van der Waals surface area (Å²) in [6, 6.07) is 11.8. The number of carbonyl (C=O) groups excluding carboxylic acids is 1. The largest absolute Gasteiger partial charge is 0.494 e. The van der Waals surface area contributed by atoms with E-state index in [-0.39, 0.29) is 18.4 Å². The molecule has 1 aromatic heterocycles. The number of amides is 1. The van der Waals surface area contributed by atoms with Crippen LogP contribution in [0.3, 0.4) is 0 Å². The van der Waals surface area contributed by atoms with Gasteiger partial charge in [0.05, 0.1) is 30.5 Å². The molecule has 1 aliphatic heterocycles. The van der Waals surface area contributed by atoms with Crippen LogP contribution in [0.25, 0.3) is 10.6 Å². The first-order valence-electron chi connectivity index (χ1n) is 10.6. The lowest BCUT2D eigenvalue weighted by molar-refractivity contribution is -0.115. The van der Waals surface area contributed by atoms with Crippen LogP contribution in [0, 0.1) is 5.82 Å². The van der Waals surface area contributed by atoms with Gasteiger partial charge in [-0.05, 0) is 56.2 Å². The van der Waals surface area contributed by atoms with Gasteiger partial charge >= 0.3 is 0 Å². The Labute approximate surface area is 190 Å². The molecule has 0 bridgehead atoms. The number of benzene rings is 2. The minimum atomic E-state index is -0.448. The zero-order valence-electron chi connectivity index (χ0n) is 17.8. The molecule has 1 aliphatic rings. The van der Waals surface area contributed by atoms with Gasteiger partial charge in [0, 0.05) is 23.6 Å². The number of halogens is 1. The highest BCUT2D eigenvalue weighted by Crippen LogP contribution is 2.28. The molecule has 8 heteroatoms. The second-order valence-corrected chi connectivity index (χ2v) is 8.27. The predicted molar refractivity (Wildman–Crippen MR) is 122 cm³/mol. The Kier molecular flexibility index (Phi) is 7.34. The maximum Gasteiger partial charge on any atom is 0.230 e. The molecule has 1 unspecified atom stereocenters. The van der Waals surface area contributed by atoms with E-state index in [0.717, 1.165) is 35.8 Å². The summed E-state index contributed by atoms with van der Waals surface area (Å²) in [4.78, 5) is 17.2. The third-order valence-corrected chi connectivity index (χ3v) is 5.91. The molecule has 1 fully saturated rings. The van der Waals surface area contributed by atoms with E-state index < -0.39 is 5.82 Å². The van der Waals surface area contributed by atoms with Gasteiger partial charge in [0.15, 0.2) is 0 Å². The third-order valence-electron chi connectivity index (χ3n) is 4.97. The number of rotatable bonds is 9. The van der Waals surface area contributed by atoms with Crippen molar-refractivity contribution in [2.24, 2.45) is 0 Å². The van der Waals surface area contributed by atoms with E-state index in [2.05, 4.69) is 10.3 Å². The molecular weight excluding hydrogens is 431 g/mol. The third kappa shape index (κ3) is 5.83. The van der Waals surface area contributed by atoms with Gasteiger partial charge < -0.3 is 19.5 Å². The number of nitrogens with zero attached hydrogens (tertiary/aromatic N) is 1. The molecule has 0 spiro atoms. The van der Waals surface area contributed by atoms with Crippen LogP contribution in [0.15, 0.2) is 47.8 Å². The Morgan fingerprint density at radius 3 is 2.84 bits per heavy atom. The fourth-order valence-corrected chi connectivity index (χ4v) is 4.25. The van der Waals surface area contributed by atoms with Gasteiger partial charge in [-0.2, -0.15) is 0 Å². The second-order valence-electron chi connectivity index (χ2n) is 7.41. The van der Waals surface area contributed by atoms with Crippen molar-refractivity contribution in [3.8, 4) is 22.1 Å². The summed E-state index contributed by atoms with van der Waals surface area (Å²) in [5.41, 5.74) is 1.91. The predicted octanol–water partition coefficient (Wildman–Crippen LogP) is 5.09. The van der Waals surface area contributed by atoms with E-state index in [4.69, 9.17) is 14.2 Å². The summed E-state index contributed by atoms with van der Waals surface area (Å²) in [5, 5.41) is 5.42. The zero-order valence-corrected chi connectivity index (χ0v) is 18.6. The molecule has 0 saturated carbocycles. The zero-order chi connectivity index (χ0) is 22.3. The number of nitrogens with one attached hydrogen (secondary N) is 1. The summed E-state index contributed by atoms with van der Waals surface area (Å²) in [6.07, 6.45) is 2.05. The van der Waals surface area contributed by atoms with Crippen LogP contribution in [0.4, 0.5) is 10.1 Å². The van der Waals surface area contributed by atoms with E-state index in [9.17, 15) is 9.18 Å². The van der Waals surface area contributed by atoms with Crippen LogP contribution in [0.5, 0.6) is 11.5 Å². The van der Waals surface area contributed by atoms with Gasteiger partial charge in [-0.3, -0.25) is 4.79 Å². The summed E-state index contributed by atoms with van der Waals surface area (Å²) in [5.74, 6) is 0.487. The van der Waals surface area contributed by atoms with Crippen molar-refractivity contribution in [1.82, 2.24) is 4.98 Å². The fourth-order valence-electron chi connectivity index (χ4n) is 3.42. The van der Waals surface area contributed by atoms with Crippen LogP contribution in [0.2, 0.25) is 0 Å². The average molecular weight is 457 g/mol.